The Labute approximate surface area is 253 Å². The maximum Gasteiger partial charge on any atom is 0.262 e. The number of unbranched alkanes of at least 4 members (excludes halogenated alkanes) is 4. The number of nitrogens with one attached hydrogen (secondary N) is 1. The van der Waals surface area contributed by atoms with Gasteiger partial charge in [-0.25, -0.2) is 9.97 Å². The predicted molar refractivity (Wildman–Crippen MR) is 170 cm³/mol. The monoisotopic (exact) mass is 589 g/mol. The number of benzene rings is 1. The number of hydrogen-bond acceptors (Lipinski definition) is 7. The lowest BCUT2D eigenvalue weighted by Gasteiger charge is -2.25. The van der Waals surface area contributed by atoms with Crippen molar-refractivity contribution in [3.63, 3.8) is 0 Å². The third kappa shape index (κ3) is 8.60. The molecule has 0 radical (unpaired) electrons. The van der Waals surface area contributed by atoms with E-state index in [1.807, 2.05) is 54.9 Å². The van der Waals surface area contributed by atoms with Gasteiger partial charge in [-0.05, 0) is 65.7 Å². The zero-order chi connectivity index (χ0) is 30.1. The second-order valence-electron chi connectivity index (χ2n) is 11.8. The number of thiophene rings is 1. The summed E-state index contributed by atoms with van der Waals surface area (Å²) in [6.45, 7) is 9.25. The molecule has 1 amide bonds. The average Bonchev–Trinajstić information content (AvgIpc) is 3.50. The summed E-state index contributed by atoms with van der Waals surface area (Å²) >= 11 is 1.42. The van der Waals surface area contributed by atoms with E-state index in [4.69, 9.17) is 4.74 Å². The molecule has 0 aliphatic heterocycles. The molecule has 0 saturated heterocycles. The topological polar surface area (TPSA) is 105 Å². The molecule has 1 aliphatic rings. The van der Waals surface area contributed by atoms with E-state index in [2.05, 4.69) is 43.0 Å². The van der Waals surface area contributed by atoms with Crippen molar-refractivity contribution in [2.45, 2.75) is 90.4 Å². The molecule has 3 aromatic rings. The molecular weight excluding hydrogens is 546 g/mol. The van der Waals surface area contributed by atoms with Crippen LogP contribution in [0.25, 0.3) is 16.7 Å². The lowest BCUT2D eigenvalue weighted by atomic mass is 9.92. The zero-order valence-electron chi connectivity index (χ0n) is 25.1. The van der Waals surface area contributed by atoms with Crippen molar-refractivity contribution in [2.75, 3.05) is 6.61 Å². The van der Waals surface area contributed by atoms with Crippen LogP contribution >= 0.6 is 11.3 Å². The molecule has 2 heterocycles. The average molecular weight is 590 g/mol. The normalized spacial score (nSPS) is 14.4. The largest absolute Gasteiger partial charge is 0.494 e. The Kier molecular flexibility index (Phi) is 11.1. The van der Waals surface area contributed by atoms with E-state index in [0.717, 1.165) is 45.9 Å². The van der Waals surface area contributed by atoms with E-state index in [-0.39, 0.29) is 11.3 Å². The van der Waals surface area contributed by atoms with Gasteiger partial charge in [-0.1, -0.05) is 77.7 Å². The molecular formula is C34H43N3O4S. The van der Waals surface area contributed by atoms with Gasteiger partial charge < -0.3 is 20.3 Å². The van der Waals surface area contributed by atoms with Crippen LogP contribution < -0.4 is 10.1 Å². The molecule has 2 aromatic heterocycles. The van der Waals surface area contributed by atoms with Gasteiger partial charge in [-0.15, -0.1) is 11.3 Å². The van der Waals surface area contributed by atoms with Gasteiger partial charge in [-0.3, -0.25) is 4.79 Å². The van der Waals surface area contributed by atoms with E-state index in [1.165, 1.54) is 37.0 Å². The molecule has 8 heteroatoms. The van der Waals surface area contributed by atoms with Gasteiger partial charge in [0, 0.05) is 22.8 Å². The van der Waals surface area contributed by atoms with Crippen LogP contribution in [0.3, 0.4) is 0 Å². The summed E-state index contributed by atoms with van der Waals surface area (Å²) in [6.07, 6.45) is 12.9. The number of aromatic nitrogens is 2. The van der Waals surface area contributed by atoms with Crippen molar-refractivity contribution in [1.29, 1.82) is 0 Å². The first-order valence-corrected chi connectivity index (χ1v) is 15.7. The Morgan fingerprint density at radius 3 is 2.26 bits per heavy atom. The molecule has 0 fully saturated rings. The first-order valence-electron chi connectivity index (χ1n) is 14.9. The quantitative estimate of drug-likeness (QED) is 0.146. The number of amides is 1. The number of aliphatic hydroxyl groups is 2. The van der Waals surface area contributed by atoms with Crippen molar-refractivity contribution in [3.05, 3.63) is 82.1 Å². The Morgan fingerprint density at radius 1 is 0.952 bits per heavy atom. The summed E-state index contributed by atoms with van der Waals surface area (Å²) in [5, 5.41) is 22.9. The third-order valence-electron chi connectivity index (χ3n) is 7.38. The van der Waals surface area contributed by atoms with Gasteiger partial charge in [0.2, 0.25) is 0 Å². The maximum absolute atomic E-state index is 12.9. The van der Waals surface area contributed by atoms with E-state index >= 15 is 0 Å². The first-order chi connectivity index (χ1) is 20.2. The standard InChI is InChI=1S/C34H43N3O4S/c1-5-6-7-8-9-20-41-27-16-14-23(15-17-27)26-21-35-31(36-22-26)25-12-10-24(11-13-25)30(33(39)40)37-32(38)28-18-19-29(42-28)34(2,3)4/h10,12,14-19,21-22,30,33,39-40H,5-9,11,13,20H2,1-4H3,(H,37,38). The van der Waals surface area contributed by atoms with E-state index in [0.29, 0.717) is 23.5 Å². The summed E-state index contributed by atoms with van der Waals surface area (Å²) < 4.78 is 5.87. The van der Waals surface area contributed by atoms with Gasteiger partial charge in [0.15, 0.2) is 12.1 Å². The van der Waals surface area contributed by atoms with Gasteiger partial charge in [0.25, 0.3) is 5.91 Å². The maximum atomic E-state index is 12.9. The number of allylic oxidation sites excluding steroid dienone is 3. The minimum Gasteiger partial charge on any atom is -0.494 e. The summed E-state index contributed by atoms with van der Waals surface area (Å²) in [6, 6.07) is 10.9. The molecule has 1 unspecified atom stereocenters. The van der Waals surface area contributed by atoms with E-state index < -0.39 is 12.3 Å². The van der Waals surface area contributed by atoms with E-state index in [1.54, 1.807) is 6.07 Å². The number of aliphatic hydroxyl groups excluding tert-OH is 1. The smallest absolute Gasteiger partial charge is 0.262 e. The molecule has 1 atom stereocenters. The lowest BCUT2D eigenvalue weighted by Crippen LogP contribution is -2.44. The Bertz CT molecular complexity index is 1370. The molecule has 1 aromatic carbocycles. The molecule has 1 aliphatic carbocycles. The third-order valence-corrected chi connectivity index (χ3v) is 8.89. The second kappa shape index (κ2) is 14.7. The highest BCUT2D eigenvalue weighted by Gasteiger charge is 2.27. The SMILES string of the molecule is CCCCCCCOc1ccc(-c2cnc(C3=CC=C(C(NC(=O)c4ccc(C(C)(C)C)s4)C(O)O)CC3)nc2)cc1. The number of nitrogens with zero attached hydrogens (tertiary/aromatic N) is 2. The van der Waals surface area contributed by atoms with Gasteiger partial charge in [-0.2, -0.15) is 0 Å². The molecule has 224 valence electrons. The molecule has 42 heavy (non-hydrogen) atoms. The summed E-state index contributed by atoms with van der Waals surface area (Å²) in [4.78, 5) is 23.7. The molecule has 3 N–H and O–H groups in total. The highest BCUT2D eigenvalue weighted by Crippen LogP contribution is 2.31. The number of rotatable bonds is 13. The summed E-state index contributed by atoms with van der Waals surface area (Å²) in [7, 11) is 0. The predicted octanol–water partition coefficient (Wildman–Crippen LogP) is 7.06. The fourth-order valence-corrected chi connectivity index (χ4v) is 5.78. The number of carbonyl (C=O) groups is 1. The van der Waals surface area contributed by atoms with Crippen LogP contribution in [-0.4, -0.2) is 45.0 Å². The van der Waals surface area contributed by atoms with Crippen molar-refractivity contribution in [3.8, 4) is 16.9 Å². The Balaban J connectivity index is 1.35. The highest BCUT2D eigenvalue weighted by molar-refractivity contribution is 7.14. The van der Waals surface area contributed by atoms with Crippen LogP contribution in [0.5, 0.6) is 5.75 Å². The van der Waals surface area contributed by atoms with Gasteiger partial charge >= 0.3 is 0 Å². The van der Waals surface area contributed by atoms with Gasteiger partial charge in [0.05, 0.1) is 11.5 Å². The summed E-state index contributed by atoms with van der Waals surface area (Å²) in [5.41, 5.74) is 3.59. The van der Waals surface area contributed by atoms with Crippen LogP contribution in [0.15, 0.2) is 66.5 Å². The van der Waals surface area contributed by atoms with E-state index in [9.17, 15) is 15.0 Å². The Hall–Kier alpha value is -3.33. The minimum absolute atomic E-state index is 0.0566. The van der Waals surface area contributed by atoms with Gasteiger partial charge in [0.1, 0.15) is 11.8 Å². The molecule has 0 spiro atoms. The van der Waals surface area contributed by atoms with Crippen molar-refractivity contribution in [1.82, 2.24) is 15.3 Å². The number of carbonyl (C=O) groups excluding carboxylic acids is 1. The highest BCUT2D eigenvalue weighted by atomic mass is 32.1. The minimum atomic E-state index is -1.71. The molecule has 0 bridgehead atoms. The zero-order valence-corrected chi connectivity index (χ0v) is 25.9. The van der Waals surface area contributed by atoms with Crippen molar-refractivity contribution in [2.24, 2.45) is 0 Å². The Morgan fingerprint density at radius 2 is 1.67 bits per heavy atom. The van der Waals surface area contributed by atoms with Crippen LogP contribution in [0.2, 0.25) is 0 Å². The van der Waals surface area contributed by atoms with Crippen molar-refractivity contribution < 1.29 is 19.7 Å². The van der Waals surface area contributed by atoms with Crippen LogP contribution in [0.1, 0.15) is 93.0 Å². The fourth-order valence-electron chi connectivity index (χ4n) is 4.82. The molecule has 4 rings (SSSR count). The second-order valence-corrected chi connectivity index (χ2v) is 12.9. The number of ether oxygens (including phenoxy) is 1. The fraction of sp³-hybridized carbons (Fsp3) is 0.441. The number of hydrogen-bond donors (Lipinski definition) is 3. The van der Waals surface area contributed by atoms with Crippen LogP contribution in [-0.2, 0) is 5.41 Å². The van der Waals surface area contributed by atoms with Crippen LogP contribution in [0.4, 0.5) is 0 Å². The van der Waals surface area contributed by atoms with Crippen molar-refractivity contribution >= 4 is 22.8 Å². The molecule has 0 saturated carbocycles. The van der Waals surface area contributed by atoms with Crippen LogP contribution in [0, 0.1) is 0 Å². The summed E-state index contributed by atoms with van der Waals surface area (Å²) in [5.74, 6) is 1.19. The molecule has 7 nitrogen and oxygen atoms in total. The first kappa shape index (κ1) is 31.6. The lowest BCUT2D eigenvalue weighted by molar-refractivity contribution is -0.0570.